The van der Waals surface area contributed by atoms with Gasteiger partial charge in [0.2, 0.25) is 0 Å². The summed E-state index contributed by atoms with van der Waals surface area (Å²) < 4.78 is 5.45. The molecule has 0 saturated heterocycles. The number of amides is 1. The highest BCUT2D eigenvalue weighted by molar-refractivity contribution is 5.96. The first kappa shape index (κ1) is 16.7. The van der Waals surface area contributed by atoms with E-state index in [1.54, 1.807) is 24.3 Å². The number of rotatable bonds is 7. The summed E-state index contributed by atoms with van der Waals surface area (Å²) in [5.41, 5.74) is 2.36. The third-order valence-corrected chi connectivity index (χ3v) is 3.75. The van der Waals surface area contributed by atoms with Crippen LogP contribution < -0.4 is 10.1 Å². The average Bonchev–Trinajstić information content (AvgIpc) is 3.03. The molecule has 0 saturated carbocycles. The number of hydrogen-bond acceptors (Lipinski definition) is 4. The molecular formula is C19H19N3O3. The van der Waals surface area contributed by atoms with Crippen LogP contribution in [0.1, 0.15) is 23.1 Å². The standard InChI is InChI=1S/C19H19N3O3/c1-13(23)14-6-2-5-9-17(14)25-12-19(24)20-11-10-18-21-15-7-3-4-8-16(15)22-18/h2-9H,10-12H2,1H3,(H,20,24)(H,21,22). The Morgan fingerprint density at radius 2 is 1.88 bits per heavy atom. The molecule has 0 bridgehead atoms. The summed E-state index contributed by atoms with van der Waals surface area (Å²) in [5.74, 6) is 0.905. The first-order valence-corrected chi connectivity index (χ1v) is 8.06. The number of nitrogens with one attached hydrogen (secondary N) is 2. The van der Waals surface area contributed by atoms with E-state index >= 15 is 0 Å². The van der Waals surface area contributed by atoms with Crippen LogP contribution >= 0.6 is 0 Å². The lowest BCUT2D eigenvalue weighted by Gasteiger charge is -2.09. The van der Waals surface area contributed by atoms with E-state index < -0.39 is 0 Å². The van der Waals surface area contributed by atoms with Gasteiger partial charge in [-0.15, -0.1) is 0 Å². The minimum absolute atomic E-state index is 0.0964. The number of Topliss-reactive ketones (excluding diaryl/α,β-unsaturated/α-hetero) is 1. The second-order valence-corrected chi connectivity index (χ2v) is 5.64. The molecule has 6 heteroatoms. The highest BCUT2D eigenvalue weighted by Gasteiger charge is 2.09. The number of hydrogen-bond donors (Lipinski definition) is 2. The predicted molar refractivity (Wildman–Crippen MR) is 94.7 cm³/mol. The average molecular weight is 337 g/mol. The number of benzene rings is 2. The summed E-state index contributed by atoms with van der Waals surface area (Å²) in [7, 11) is 0. The molecule has 0 radical (unpaired) electrons. The topological polar surface area (TPSA) is 84.1 Å². The Labute approximate surface area is 145 Å². The smallest absolute Gasteiger partial charge is 0.257 e. The number of ether oxygens (including phenoxy) is 1. The zero-order chi connectivity index (χ0) is 17.6. The number of aromatic nitrogens is 2. The minimum Gasteiger partial charge on any atom is -0.483 e. The Morgan fingerprint density at radius 1 is 1.12 bits per heavy atom. The van der Waals surface area contributed by atoms with Gasteiger partial charge < -0.3 is 15.0 Å². The predicted octanol–water partition coefficient (Wildman–Crippen LogP) is 2.50. The zero-order valence-electron chi connectivity index (χ0n) is 13.9. The van der Waals surface area contributed by atoms with Gasteiger partial charge >= 0.3 is 0 Å². The lowest BCUT2D eigenvalue weighted by Crippen LogP contribution is -2.30. The van der Waals surface area contributed by atoms with Gasteiger partial charge in [-0.2, -0.15) is 0 Å². The lowest BCUT2D eigenvalue weighted by atomic mass is 10.1. The molecule has 3 rings (SSSR count). The molecule has 0 spiro atoms. The van der Waals surface area contributed by atoms with Crippen LogP contribution in [0.15, 0.2) is 48.5 Å². The van der Waals surface area contributed by atoms with Crippen molar-refractivity contribution in [2.75, 3.05) is 13.2 Å². The van der Waals surface area contributed by atoms with Crippen molar-refractivity contribution in [2.45, 2.75) is 13.3 Å². The van der Waals surface area contributed by atoms with Gasteiger partial charge in [-0.1, -0.05) is 24.3 Å². The maximum absolute atomic E-state index is 11.9. The first-order valence-electron chi connectivity index (χ1n) is 8.06. The van der Waals surface area contributed by atoms with Crippen molar-refractivity contribution in [1.82, 2.24) is 15.3 Å². The SMILES string of the molecule is CC(=O)c1ccccc1OCC(=O)NCCc1nc2ccccc2[nH]1. The largest absolute Gasteiger partial charge is 0.483 e. The number of carbonyl (C=O) groups is 2. The molecule has 2 aromatic carbocycles. The number of H-pyrrole nitrogens is 1. The second-order valence-electron chi connectivity index (χ2n) is 5.64. The number of aromatic amines is 1. The summed E-state index contributed by atoms with van der Waals surface area (Å²) in [4.78, 5) is 31.1. The van der Waals surface area contributed by atoms with Crippen molar-refractivity contribution >= 4 is 22.7 Å². The van der Waals surface area contributed by atoms with Crippen molar-refractivity contribution < 1.29 is 14.3 Å². The van der Waals surface area contributed by atoms with Crippen molar-refractivity contribution in [3.63, 3.8) is 0 Å². The van der Waals surface area contributed by atoms with Crippen molar-refractivity contribution in [3.8, 4) is 5.75 Å². The van der Waals surface area contributed by atoms with E-state index in [0.29, 0.717) is 24.3 Å². The van der Waals surface area contributed by atoms with Crippen LogP contribution in [0.4, 0.5) is 0 Å². The van der Waals surface area contributed by atoms with Gasteiger partial charge in [0.05, 0.1) is 16.6 Å². The van der Waals surface area contributed by atoms with E-state index in [9.17, 15) is 9.59 Å². The molecule has 0 aliphatic carbocycles. The van der Waals surface area contributed by atoms with Crippen molar-refractivity contribution in [1.29, 1.82) is 0 Å². The molecule has 0 aliphatic rings. The molecule has 6 nitrogen and oxygen atoms in total. The van der Waals surface area contributed by atoms with Crippen molar-refractivity contribution in [3.05, 3.63) is 59.9 Å². The number of fused-ring (bicyclic) bond motifs is 1. The molecule has 25 heavy (non-hydrogen) atoms. The molecule has 1 heterocycles. The maximum Gasteiger partial charge on any atom is 0.257 e. The summed E-state index contributed by atoms with van der Waals surface area (Å²) in [5, 5.41) is 2.79. The highest BCUT2D eigenvalue weighted by Crippen LogP contribution is 2.18. The van der Waals surface area contributed by atoms with Gasteiger partial charge in [0, 0.05) is 13.0 Å². The van der Waals surface area contributed by atoms with Gasteiger partial charge in [0.1, 0.15) is 11.6 Å². The Balaban J connectivity index is 1.48. The van der Waals surface area contributed by atoms with Crippen LogP contribution in [0.3, 0.4) is 0 Å². The molecule has 2 N–H and O–H groups in total. The normalized spacial score (nSPS) is 10.6. The fourth-order valence-electron chi connectivity index (χ4n) is 2.52. The van der Waals surface area contributed by atoms with Crippen LogP contribution in [0.5, 0.6) is 5.75 Å². The van der Waals surface area contributed by atoms with E-state index in [1.165, 1.54) is 6.92 Å². The molecule has 0 fully saturated rings. The Kier molecular flexibility index (Phi) is 5.09. The summed E-state index contributed by atoms with van der Waals surface area (Å²) in [6.45, 7) is 1.79. The van der Waals surface area contributed by atoms with Gasteiger partial charge in [0.15, 0.2) is 12.4 Å². The van der Waals surface area contributed by atoms with Gasteiger partial charge in [0.25, 0.3) is 5.91 Å². The molecule has 0 aliphatic heterocycles. The Hall–Kier alpha value is -3.15. The molecule has 1 aromatic heterocycles. The van der Waals surface area contributed by atoms with Crippen LogP contribution in [-0.2, 0) is 11.2 Å². The highest BCUT2D eigenvalue weighted by atomic mass is 16.5. The summed E-state index contributed by atoms with van der Waals surface area (Å²) in [6, 6.07) is 14.7. The van der Waals surface area contributed by atoms with E-state index in [4.69, 9.17) is 4.74 Å². The van der Waals surface area contributed by atoms with E-state index in [0.717, 1.165) is 16.9 Å². The maximum atomic E-state index is 11.9. The molecule has 1 amide bonds. The lowest BCUT2D eigenvalue weighted by molar-refractivity contribution is -0.123. The fraction of sp³-hybridized carbons (Fsp3) is 0.211. The minimum atomic E-state index is -0.241. The Bertz CT molecular complexity index is 869. The molecule has 3 aromatic rings. The third kappa shape index (κ3) is 4.23. The fourth-order valence-corrected chi connectivity index (χ4v) is 2.52. The number of imidazole rings is 1. The third-order valence-electron chi connectivity index (χ3n) is 3.75. The summed E-state index contributed by atoms with van der Waals surface area (Å²) >= 11 is 0. The van der Waals surface area contributed by atoms with Crippen LogP contribution in [-0.4, -0.2) is 34.8 Å². The van der Waals surface area contributed by atoms with Crippen molar-refractivity contribution in [2.24, 2.45) is 0 Å². The van der Waals surface area contributed by atoms with Gasteiger partial charge in [-0.25, -0.2) is 4.98 Å². The van der Waals surface area contributed by atoms with Crippen LogP contribution in [0.2, 0.25) is 0 Å². The van der Waals surface area contributed by atoms with Gasteiger partial charge in [-0.05, 0) is 31.2 Å². The quantitative estimate of drug-likeness (QED) is 0.649. The monoisotopic (exact) mass is 337 g/mol. The first-order chi connectivity index (χ1) is 12.1. The summed E-state index contributed by atoms with van der Waals surface area (Å²) in [6.07, 6.45) is 0.602. The van der Waals surface area contributed by atoms with Crippen LogP contribution in [0, 0.1) is 0 Å². The number of carbonyl (C=O) groups excluding carboxylic acids is 2. The molecule has 128 valence electrons. The van der Waals surface area contributed by atoms with Gasteiger partial charge in [-0.3, -0.25) is 9.59 Å². The second kappa shape index (κ2) is 7.61. The number of para-hydroxylation sites is 3. The number of nitrogens with zero attached hydrogens (tertiary/aromatic N) is 1. The molecular weight excluding hydrogens is 318 g/mol. The Morgan fingerprint density at radius 3 is 2.68 bits per heavy atom. The van der Waals surface area contributed by atoms with E-state index in [2.05, 4.69) is 15.3 Å². The van der Waals surface area contributed by atoms with E-state index in [-0.39, 0.29) is 18.3 Å². The van der Waals surface area contributed by atoms with Crippen LogP contribution in [0.25, 0.3) is 11.0 Å². The van der Waals surface area contributed by atoms with E-state index in [1.807, 2.05) is 24.3 Å². The molecule has 0 unspecified atom stereocenters. The molecule has 0 atom stereocenters. The zero-order valence-corrected chi connectivity index (χ0v) is 13.9. The number of ketones is 1.